The Balaban J connectivity index is 1.47. The number of aromatic nitrogens is 3. The van der Waals surface area contributed by atoms with Gasteiger partial charge in [0.25, 0.3) is 0 Å². The topological polar surface area (TPSA) is 54.3 Å². The molecule has 2 fully saturated rings. The van der Waals surface area contributed by atoms with Crippen molar-refractivity contribution in [2.24, 2.45) is 5.92 Å². The quantitative estimate of drug-likeness (QED) is 0.637. The molecule has 0 spiro atoms. The summed E-state index contributed by atoms with van der Waals surface area (Å²) in [7, 11) is 0. The number of Topliss-reactive ketones (excluding diaryl/α,β-unsaturated/α-hetero) is 1. The van der Waals surface area contributed by atoms with Crippen molar-refractivity contribution >= 4 is 22.6 Å². The lowest BCUT2D eigenvalue weighted by molar-refractivity contribution is 0.0928. The maximum atomic E-state index is 13.3. The second kappa shape index (κ2) is 9.51. The summed E-state index contributed by atoms with van der Waals surface area (Å²) in [6.45, 7) is 6.17. The van der Waals surface area contributed by atoms with Crippen LogP contribution < -0.4 is 4.90 Å². The molecule has 2 aromatic heterocycles. The van der Waals surface area contributed by atoms with Gasteiger partial charge in [0.15, 0.2) is 11.4 Å². The first-order valence-electron chi connectivity index (χ1n) is 12.3. The molecule has 4 bridgehead atoms. The highest BCUT2D eigenvalue weighted by molar-refractivity contribution is 6.05. The summed E-state index contributed by atoms with van der Waals surface area (Å²) in [4.78, 5) is 23.2. The Kier molecular flexibility index (Phi) is 6.35. The number of rotatable bonds is 1. The Morgan fingerprint density at radius 2 is 1.68 bits per heavy atom. The summed E-state index contributed by atoms with van der Waals surface area (Å²) < 4.78 is 2.00. The lowest BCUT2D eigenvalue weighted by atomic mass is 9.90. The number of carbonyl (C=O) groups is 1. The third-order valence-electron chi connectivity index (χ3n) is 7.23. The van der Waals surface area contributed by atoms with Crippen LogP contribution in [0.5, 0.6) is 0 Å². The third-order valence-corrected chi connectivity index (χ3v) is 7.23. The zero-order valence-corrected chi connectivity index (χ0v) is 18.6. The maximum Gasteiger partial charge on any atom is 0.184 e. The van der Waals surface area contributed by atoms with Gasteiger partial charge in [0.05, 0.1) is 5.39 Å². The molecule has 2 saturated heterocycles. The average Bonchev–Trinajstić information content (AvgIpc) is 2.95. The van der Waals surface area contributed by atoms with Gasteiger partial charge in [0.1, 0.15) is 11.5 Å². The zero-order valence-electron chi connectivity index (χ0n) is 18.6. The van der Waals surface area contributed by atoms with Crippen LogP contribution in [0.1, 0.15) is 68.3 Å². The van der Waals surface area contributed by atoms with E-state index in [2.05, 4.69) is 34.1 Å². The molecule has 31 heavy (non-hydrogen) atoms. The minimum Gasteiger partial charge on any atom is -0.357 e. The zero-order chi connectivity index (χ0) is 21.0. The van der Waals surface area contributed by atoms with Crippen molar-refractivity contribution < 1.29 is 4.79 Å². The fourth-order valence-electron chi connectivity index (χ4n) is 5.31. The molecule has 6 heterocycles. The number of ketones is 1. The van der Waals surface area contributed by atoms with E-state index in [1.807, 2.05) is 4.68 Å². The van der Waals surface area contributed by atoms with E-state index in [0.717, 1.165) is 81.8 Å². The van der Waals surface area contributed by atoms with E-state index in [9.17, 15) is 4.79 Å². The molecule has 2 aromatic rings. The summed E-state index contributed by atoms with van der Waals surface area (Å²) in [5.74, 6) is 1.71. The van der Waals surface area contributed by atoms with E-state index in [-0.39, 0.29) is 5.78 Å². The number of fused-ring (bicyclic) bond motifs is 8. The van der Waals surface area contributed by atoms with Crippen LogP contribution in [0.4, 0.5) is 5.82 Å². The van der Waals surface area contributed by atoms with Gasteiger partial charge in [0.2, 0.25) is 0 Å². The van der Waals surface area contributed by atoms with Crippen molar-refractivity contribution in [3.63, 3.8) is 0 Å². The van der Waals surface area contributed by atoms with Crippen LogP contribution in [0, 0.1) is 5.92 Å². The highest BCUT2D eigenvalue weighted by atomic mass is 16.1. The molecule has 6 heteroatoms. The molecule has 0 saturated carbocycles. The van der Waals surface area contributed by atoms with E-state index in [1.54, 1.807) is 0 Å². The number of carbonyl (C=O) groups excluding carboxylic acids is 1. The predicted molar refractivity (Wildman–Crippen MR) is 125 cm³/mol. The van der Waals surface area contributed by atoms with E-state index in [1.165, 1.54) is 25.7 Å². The Morgan fingerprint density at radius 1 is 0.871 bits per heavy atom. The first-order valence-corrected chi connectivity index (χ1v) is 12.3. The van der Waals surface area contributed by atoms with Crippen molar-refractivity contribution in [1.29, 1.82) is 0 Å². The predicted octanol–water partition coefficient (Wildman–Crippen LogP) is 4.45. The van der Waals surface area contributed by atoms with Crippen LogP contribution in [0.25, 0.3) is 11.0 Å². The Morgan fingerprint density at radius 3 is 2.48 bits per heavy atom. The number of anilines is 1. The molecule has 6 rings (SSSR count). The number of hydrogen-bond acceptors (Lipinski definition) is 5. The van der Waals surface area contributed by atoms with Crippen molar-refractivity contribution in [2.75, 3.05) is 37.6 Å². The maximum absolute atomic E-state index is 13.3. The molecular weight excluding hydrogens is 386 g/mol. The van der Waals surface area contributed by atoms with Crippen LogP contribution in [0.15, 0.2) is 24.3 Å². The van der Waals surface area contributed by atoms with E-state index in [0.29, 0.717) is 18.0 Å². The Labute approximate surface area is 185 Å². The molecule has 166 valence electrons. The molecule has 0 aliphatic carbocycles. The fourth-order valence-corrected chi connectivity index (χ4v) is 5.31. The number of hydrogen-bond donors (Lipinski definition) is 0. The molecule has 0 radical (unpaired) electrons. The third kappa shape index (κ3) is 4.69. The first kappa shape index (κ1) is 20.7. The number of piperidine rings is 1. The molecule has 0 N–H and O–H groups in total. The smallest absolute Gasteiger partial charge is 0.184 e. The van der Waals surface area contributed by atoms with E-state index < -0.39 is 0 Å². The molecule has 4 aliphatic heterocycles. The van der Waals surface area contributed by atoms with Gasteiger partial charge in [-0.1, -0.05) is 25.0 Å². The van der Waals surface area contributed by atoms with Gasteiger partial charge in [-0.3, -0.25) is 9.69 Å². The molecule has 4 aliphatic rings. The SMILES string of the molecule is O=C1CC2CCN(C/C=C\CCCn3nc1c1ccc(N4CCCCCC4)nc13)CC2. The van der Waals surface area contributed by atoms with E-state index in [4.69, 9.17) is 10.1 Å². The minimum absolute atomic E-state index is 0.194. The summed E-state index contributed by atoms with van der Waals surface area (Å²) in [5.41, 5.74) is 1.52. The highest BCUT2D eigenvalue weighted by Crippen LogP contribution is 2.27. The minimum atomic E-state index is 0.194. The van der Waals surface area contributed by atoms with E-state index >= 15 is 0 Å². The first-order chi connectivity index (χ1) is 15.3. The highest BCUT2D eigenvalue weighted by Gasteiger charge is 2.25. The molecule has 0 aromatic carbocycles. The van der Waals surface area contributed by atoms with Crippen molar-refractivity contribution in [3.8, 4) is 0 Å². The van der Waals surface area contributed by atoms with Gasteiger partial charge in [0, 0.05) is 32.6 Å². The van der Waals surface area contributed by atoms with Crippen LogP contribution in [-0.2, 0) is 6.54 Å². The Bertz CT molecular complexity index is 933. The van der Waals surface area contributed by atoms with Gasteiger partial charge in [-0.15, -0.1) is 0 Å². The van der Waals surface area contributed by atoms with Crippen LogP contribution in [-0.4, -0.2) is 58.2 Å². The fraction of sp³-hybridized carbons (Fsp3) is 0.640. The van der Waals surface area contributed by atoms with Crippen LogP contribution >= 0.6 is 0 Å². The number of pyridine rings is 1. The monoisotopic (exact) mass is 421 g/mol. The van der Waals surface area contributed by atoms with Gasteiger partial charge in [-0.05, 0) is 69.7 Å². The van der Waals surface area contributed by atoms with Crippen LogP contribution in [0.2, 0.25) is 0 Å². The van der Waals surface area contributed by atoms with Gasteiger partial charge in [-0.25, -0.2) is 9.67 Å². The average molecular weight is 422 g/mol. The lowest BCUT2D eigenvalue weighted by Gasteiger charge is -2.30. The van der Waals surface area contributed by atoms with Gasteiger partial charge in [-0.2, -0.15) is 5.10 Å². The van der Waals surface area contributed by atoms with Gasteiger partial charge < -0.3 is 4.90 Å². The summed E-state index contributed by atoms with van der Waals surface area (Å²) in [6, 6.07) is 4.21. The largest absolute Gasteiger partial charge is 0.357 e. The van der Waals surface area contributed by atoms with Gasteiger partial charge >= 0.3 is 0 Å². The second-order valence-corrected chi connectivity index (χ2v) is 9.50. The summed E-state index contributed by atoms with van der Waals surface area (Å²) in [5, 5.41) is 5.75. The standard InChI is InChI=1S/C25H35N5O/c31-22-19-20-11-17-28(18-12-20)13-5-1-4-8-16-30-25-21(24(22)27-30)9-10-23(26-25)29-14-6-2-3-7-15-29/h1,5,9-10,20H,2-4,6-8,11-19H2/b5-1-. The van der Waals surface area contributed by atoms with Crippen molar-refractivity contribution in [2.45, 2.75) is 64.3 Å². The molecule has 0 atom stereocenters. The van der Waals surface area contributed by atoms with Crippen molar-refractivity contribution in [1.82, 2.24) is 19.7 Å². The molecule has 6 nitrogen and oxygen atoms in total. The second-order valence-electron chi connectivity index (χ2n) is 9.50. The summed E-state index contributed by atoms with van der Waals surface area (Å²) in [6.07, 6.45) is 14.6. The van der Waals surface area contributed by atoms with Crippen molar-refractivity contribution in [3.05, 3.63) is 30.0 Å². The molecule has 0 unspecified atom stereocenters. The number of allylic oxidation sites excluding steroid dienone is 1. The number of aryl methyl sites for hydroxylation is 1. The lowest BCUT2D eigenvalue weighted by Crippen LogP contribution is -2.34. The normalized spacial score (nSPS) is 27.0. The molecule has 0 amide bonds. The van der Waals surface area contributed by atoms with Crippen LogP contribution in [0.3, 0.4) is 0 Å². The summed E-state index contributed by atoms with van der Waals surface area (Å²) >= 11 is 0. The Hall–Kier alpha value is -2.21. The molecular formula is C25H35N5O. The number of nitrogens with zero attached hydrogens (tertiary/aromatic N) is 5.